The minimum atomic E-state index is -0.430. The molecule has 4 rings (SSSR count). The zero-order chi connectivity index (χ0) is 29.0. The standard InChI is InChI=1S/C31H36N2O6S/c1-31(2,3)20-10-13-22-26(15-20)40-29(32-17-19-14-24(37-5)25(38-6)16-23(19)36-4)27(22)28(34)33-21-11-8-18(9-12-21)30(35)39-7/h8-9,11-12,14,16-17,20H,10,13,15H2,1-7H3,(H,33,34)/t20-/m1/s1. The fourth-order valence-electron chi connectivity index (χ4n) is 4.92. The van der Waals surface area contributed by atoms with Crippen LogP contribution in [0.5, 0.6) is 17.2 Å². The normalized spacial score (nSPS) is 14.9. The lowest BCUT2D eigenvalue weighted by Gasteiger charge is -2.33. The molecular weight excluding hydrogens is 528 g/mol. The largest absolute Gasteiger partial charge is 0.496 e. The predicted molar refractivity (Wildman–Crippen MR) is 158 cm³/mol. The van der Waals surface area contributed by atoms with E-state index < -0.39 is 5.97 Å². The van der Waals surface area contributed by atoms with E-state index in [0.29, 0.717) is 50.5 Å². The third-order valence-electron chi connectivity index (χ3n) is 7.32. The van der Waals surface area contributed by atoms with Gasteiger partial charge in [-0.15, -0.1) is 11.3 Å². The monoisotopic (exact) mass is 564 g/mol. The summed E-state index contributed by atoms with van der Waals surface area (Å²) < 4.78 is 21.2. The van der Waals surface area contributed by atoms with E-state index in [4.69, 9.17) is 23.9 Å². The first kappa shape index (κ1) is 29.1. The zero-order valence-corrected chi connectivity index (χ0v) is 24.9. The van der Waals surface area contributed by atoms with Crippen LogP contribution in [0, 0.1) is 11.3 Å². The van der Waals surface area contributed by atoms with Crippen LogP contribution in [0.4, 0.5) is 10.7 Å². The second kappa shape index (κ2) is 12.1. The van der Waals surface area contributed by atoms with Gasteiger partial charge in [-0.25, -0.2) is 9.79 Å². The third-order valence-corrected chi connectivity index (χ3v) is 8.48. The van der Waals surface area contributed by atoms with E-state index in [9.17, 15) is 9.59 Å². The van der Waals surface area contributed by atoms with E-state index in [2.05, 4.69) is 26.1 Å². The Hall–Kier alpha value is -3.85. The topological polar surface area (TPSA) is 95.5 Å². The molecule has 1 heterocycles. The number of carbonyl (C=O) groups excluding carboxylic acids is 2. The maximum atomic E-state index is 13.7. The number of methoxy groups -OCH3 is 4. The number of aliphatic imine (C=N–C) groups is 1. The number of nitrogens with one attached hydrogen (secondary N) is 1. The number of hydrogen-bond donors (Lipinski definition) is 1. The molecule has 0 saturated carbocycles. The number of carbonyl (C=O) groups is 2. The van der Waals surface area contributed by atoms with Gasteiger partial charge >= 0.3 is 5.97 Å². The minimum Gasteiger partial charge on any atom is -0.496 e. The van der Waals surface area contributed by atoms with E-state index in [-0.39, 0.29) is 11.3 Å². The molecule has 0 aliphatic heterocycles. The highest BCUT2D eigenvalue weighted by molar-refractivity contribution is 7.16. The molecule has 1 atom stereocenters. The van der Waals surface area contributed by atoms with Gasteiger partial charge in [-0.1, -0.05) is 20.8 Å². The summed E-state index contributed by atoms with van der Waals surface area (Å²) in [7, 11) is 6.06. The van der Waals surface area contributed by atoms with E-state index >= 15 is 0 Å². The number of amides is 1. The fraction of sp³-hybridized carbons (Fsp3) is 0.387. The molecule has 2 aromatic carbocycles. The molecule has 40 heavy (non-hydrogen) atoms. The van der Waals surface area contributed by atoms with Crippen LogP contribution in [0.3, 0.4) is 0 Å². The Morgan fingerprint density at radius 3 is 2.23 bits per heavy atom. The molecule has 212 valence electrons. The molecule has 0 radical (unpaired) electrons. The first-order valence-electron chi connectivity index (χ1n) is 13.1. The zero-order valence-electron chi connectivity index (χ0n) is 24.0. The van der Waals surface area contributed by atoms with Crippen molar-refractivity contribution in [2.45, 2.75) is 40.0 Å². The Morgan fingerprint density at radius 1 is 0.975 bits per heavy atom. The van der Waals surface area contributed by atoms with Gasteiger partial charge in [-0.3, -0.25) is 4.79 Å². The van der Waals surface area contributed by atoms with Crippen LogP contribution in [0.25, 0.3) is 0 Å². The van der Waals surface area contributed by atoms with Gasteiger partial charge in [0, 0.05) is 28.4 Å². The Labute approximate surface area is 239 Å². The van der Waals surface area contributed by atoms with Crippen LogP contribution in [-0.2, 0) is 17.6 Å². The molecule has 0 spiro atoms. The smallest absolute Gasteiger partial charge is 0.337 e. The maximum Gasteiger partial charge on any atom is 0.337 e. The molecule has 1 N–H and O–H groups in total. The van der Waals surface area contributed by atoms with Gasteiger partial charge in [0.2, 0.25) is 0 Å². The van der Waals surface area contributed by atoms with Gasteiger partial charge in [0.25, 0.3) is 5.91 Å². The highest BCUT2D eigenvalue weighted by Crippen LogP contribution is 2.45. The van der Waals surface area contributed by atoms with E-state index in [1.807, 2.05) is 0 Å². The third kappa shape index (κ3) is 6.14. The summed E-state index contributed by atoms with van der Waals surface area (Å²) in [4.78, 5) is 31.5. The molecule has 8 nitrogen and oxygen atoms in total. The molecule has 1 amide bonds. The molecule has 0 unspecified atom stereocenters. The molecule has 0 bridgehead atoms. The molecule has 0 saturated heterocycles. The molecule has 1 aliphatic carbocycles. The lowest BCUT2D eigenvalue weighted by molar-refractivity contribution is 0.0600. The van der Waals surface area contributed by atoms with E-state index in [1.54, 1.807) is 75.3 Å². The number of hydrogen-bond acceptors (Lipinski definition) is 8. The van der Waals surface area contributed by atoms with Crippen LogP contribution < -0.4 is 19.5 Å². The minimum absolute atomic E-state index is 0.169. The average molecular weight is 565 g/mol. The lowest BCUT2D eigenvalue weighted by Crippen LogP contribution is -2.27. The number of nitrogens with zero attached hydrogens (tertiary/aromatic N) is 1. The summed E-state index contributed by atoms with van der Waals surface area (Å²) in [5, 5.41) is 3.63. The second-order valence-corrected chi connectivity index (χ2v) is 11.8. The molecule has 1 aliphatic rings. The van der Waals surface area contributed by atoms with Crippen molar-refractivity contribution in [1.29, 1.82) is 0 Å². The Kier molecular flexibility index (Phi) is 8.83. The van der Waals surface area contributed by atoms with Gasteiger partial charge in [0.15, 0.2) is 11.5 Å². The van der Waals surface area contributed by atoms with Gasteiger partial charge < -0.3 is 24.3 Å². The first-order valence-corrected chi connectivity index (χ1v) is 13.9. The van der Waals surface area contributed by atoms with Gasteiger partial charge in [0.05, 0.1) is 39.6 Å². The van der Waals surface area contributed by atoms with Crippen molar-refractivity contribution in [3.05, 3.63) is 63.5 Å². The van der Waals surface area contributed by atoms with E-state index in [0.717, 1.165) is 24.8 Å². The van der Waals surface area contributed by atoms with Gasteiger partial charge in [-0.05, 0) is 66.5 Å². The predicted octanol–water partition coefficient (Wildman–Crippen LogP) is 6.71. The van der Waals surface area contributed by atoms with Crippen LogP contribution in [-0.4, -0.2) is 46.5 Å². The van der Waals surface area contributed by atoms with Crippen LogP contribution in [0.1, 0.15) is 63.9 Å². The summed E-state index contributed by atoms with van der Waals surface area (Å²) in [5.74, 6) is 1.53. The number of fused-ring (bicyclic) bond motifs is 1. The lowest BCUT2D eigenvalue weighted by atomic mass is 9.72. The molecule has 9 heteroatoms. The van der Waals surface area contributed by atoms with E-state index in [1.165, 1.54) is 12.0 Å². The summed E-state index contributed by atoms with van der Waals surface area (Å²) in [6.45, 7) is 6.80. The van der Waals surface area contributed by atoms with Gasteiger partial charge in [0.1, 0.15) is 10.8 Å². The number of rotatable bonds is 8. The highest BCUT2D eigenvalue weighted by atomic mass is 32.1. The van der Waals surface area contributed by atoms with Crippen LogP contribution in [0.2, 0.25) is 0 Å². The number of esters is 1. The van der Waals surface area contributed by atoms with Crippen LogP contribution in [0.15, 0.2) is 41.4 Å². The van der Waals surface area contributed by atoms with Crippen molar-refractivity contribution in [2.24, 2.45) is 16.3 Å². The summed E-state index contributed by atoms with van der Waals surface area (Å²) in [5.41, 5.74) is 3.50. The van der Waals surface area contributed by atoms with Crippen molar-refractivity contribution in [3.8, 4) is 17.2 Å². The Morgan fingerprint density at radius 2 is 1.62 bits per heavy atom. The van der Waals surface area contributed by atoms with Crippen molar-refractivity contribution >= 4 is 40.1 Å². The maximum absolute atomic E-state index is 13.7. The molecule has 3 aromatic rings. The molecule has 1 aromatic heterocycles. The number of thiophene rings is 1. The fourth-order valence-corrected chi connectivity index (χ4v) is 6.19. The molecule has 0 fully saturated rings. The number of ether oxygens (including phenoxy) is 4. The second-order valence-electron chi connectivity index (χ2n) is 10.7. The first-order chi connectivity index (χ1) is 19.1. The summed E-state index contributed by atoms with van der Waals surface area (Å²) in [6, 6.07) is 10.2. The average Bonchev–Trinajstić information content (AvgIpc) is 3.32. The SMILES string of the molecule is COC(=O)c1ccc(NC(=O)c2c(N=Cc3cc(OC)c(OC)cc3OC)sc3c2CC[C@@H](C(C)(C)C)C3)cc1. The number of anilines is 1. The molecular formula is C31H36N2O6S. The Bertz CT molecular complexity index is 1420. The summed E-state index contributed by atoms with van der Waals surface area (Å²) >= 11 is 1.56. The quantitative estimate of drug-likeness (QED) is 0.241. The van der Waals surface area contributed by atoms with Crippen molar-refractivity contribution in [1.82, 2.24) is 0 Å². The van der Waals surface area contributed by atoms with Crippen molar-refractivity contribution < 1.29 is 28.5 Å². The van der Waals surface area contributed by atoms with Gasteiger partial charge in [-0.2, -0.15) is 0 Å². The highest BCUT2D eigenvalue weighted by Gasteiger charge is 2.33. The summed E-state index contributed by atoms with van der Waals surface area (Å²) in [6.07, 6.45) is 4.43. The van der Waals surface area contributed by atoms with Crippen LogP contribution >= 0.6 is 11.3 Å². The number of benzene rings is 2. The Balaban J connectivity index is 1.72. The van der Waals surface area contributed by atoms with Crippen molar-refractivity contribution in [2.75, 3.05) is 33.8 Å². The van der Waals surface area contributed by atoms with Crippen molar-refractivity contribution in [3.63, 3.8) is 0 Å².